The van der Waals surface area contributed by atoms with Gasteiger partial charge in [-0.05, 0) is 35.2 Å². The van der Waals surface area contributed by atoms with E-state index >= 15 is 0 Å². The van der Waals surface area contributed by atoms with Gasteiger partial charge in [0.1, 0.15) is 5.25 Å². The molecule has 0 spiro atoms. The topological polar surface area (TPSA) is 68.0 Å². The summed E-state index contributed by atoms with van der Waals surface area (Å²) < 4.78 is 0. The van der Waals surface area contributed by atoms with Crippen molar-refractivity contribution in [2.75, 3.05) is 11.1 Å². The summed E-state index contributed by atoms with van der Waals surface area (Å²) in [6, 6.07) is 21.3. The van der Waals surface area contributed by atoms with E-state index in [1.807, 2.05) is 77.5 Å². The number of thioether (sulfide) groups is 1. The van der Waals surface area contributed by atoms with Crippen LogP contribution in [0.25, 0.3) is 10.6 Å². The van der Waals surface area contributed by atoms with Gasteiger partial charge in [-0.25, -0.2) is 4.98 Å². The first kappa shape index (κ1) is 18.7. The Kier molecular flexibility index (Phi) is 5.76. The van der Waals surface area contributed by atoms with Gasteiger partial charge in [-0.15, -0.1) is 34.4 Å². The lowest BCUT2D eigenvalue weighted by atomic mass is 10.1. The monoisotopic (exact) mass is 423 g/mol. The standard InChI is InChI=1S/C21H17N3OS3/c22-15-8-4-9-16(12-15)28-19(14-6-2-1-3-7-14)20(25)24-21-23-17(13-27-21)18-10-5-11-26-18/h1-13,19H,22H2,(H,23,24,25). The van der Waals surface area contributed by atoms with E-state index in [1.165, 1.54) is 23.1 Å². The Balaban J connectivity index is 1.56. The second-order valence-corrected chi connectivity index (χ2v) is 8.97. The van der Waals surface area contributed by atoms with Crippen molar-refractivity contribution in [3.05, 3.63) is 83.1 Å². The van der Waals surface area contributed by atoms with Crippen molar-refractivity contribution < 1.29 is 4.79 Å². The number of nitrogens with two attached hydrogens (primary N) is 1. The molecule has 2 aromatic carbocycles. The number of amides is 1. The van der Waals surface area contributed by atoms with Gasteiger partial charge in [0.05, 0.1) is 10.6 Å². The van der Waals surface area contributed by atoms with Gasteiger partial charge >= 0.3 is 0 Å². The molecule has 0 aliphatic heterocycles. The van der Waals surface area contributed by atoms with Gasteiger partial charge in [-0.2, -0.15) is 0 Å². The SMILES string of the molecule is Nc1cccc(SC(C(=O)Nc2nc(-c3cccs3)cs2)c2ccccc2)c1. The lowest BCUT2D eigenvalue weighted by Gasteiger charge is -2.16. The largest absolute Gasteiger partial charge is 0.399 e. The van der Waals surface area contributed by atoms with Crippen LogP contribution in [-0.2, 0) is 4.79 Å². The first-order valence-corrected chi connectivity index (χ1v) is 11.2. The predicted octanol–water partition coefficient (Wildman–Crippen LogP) is 5.93. The highest BCUT2D eigenvalue weighted by Gasteiger charge is 2.23. The van der Waals surface area contributed by atoms with E-state index in [4.69, 9.17) is 5.73 Å². The zero-order chi connectivity index (χ0) is 19.3. The molecule has 1 unspecified atom stereocenters. The highest BCUT2D eigenvalue weighted by molar-refractivity contribution is 8.00. The quantitative estimate of drug-likeness (QED) is 0.298. The second-order valence-electron chi connectivity index (χ2n) is 5.99. The van der Waals surface area contributed by atoms with Gasteiger partial charge in [0.15, 0.2) is 5.13 Å². The molecule has 0 aliphatic rings. The molecule has 1 atom stereocenters. The van der Waals surface area contributed by atoms with E-state index < -0.39 is 5.25 Å². The maximum atomic E-state index is 13.1. The van der Waals surface area contributed by atoms with Crippen LogP contribution in [0.4, 0.5) is 10.8 Å². The Morgan fingerprint density at radius 2 is 1.89 bits per heavy atom. The second kappa shape index (κ2) is 8.60. The average molecular weight is 424 g/mol. The van der Waals surface area contributed by atoms with Gasteiger partial charge in [0, 0.05) is 16.0 Å². The van der Waals surface area contributed by atoms with E-state index in [9.17, 15) is 4.79 Å². The normalized spacial score (nSPS) is 11.9. The Morgan fingerprint density at radius 3 is 2.64 bits per heavy atom. The van der Waals surface area contributed by atoms with E-state index in [2.05, 4.69) is 10.3 Å². The Hall–Kier alpha value is -2.61. The average Bonchev–Trinajstić information content (AvgIpc) is 3.38. The number of thiophene rings is 1. The Labute approximate surface area is 175 Å². The molecule has 0 saturated heterocycles. The summed E-state index contributed by atoms with van der Waals surface area (Å²) in [7, 11) is 0. The molecule has 4 aromatic rings. The van der Waals surface area contributed by atoms with Crippen LogP contribution in [0, 0.1) is 0 Å². The summed E-state index contributed by atoms with van der Waals surface area (Å²) >= 11 is 4.54. The van der Waals surface area contributed by atoms with Crippen LogP contribution >= 0.6 is 34.4 Å². The first-order chi connectivity index (χ1) is 13.7. The predicted molar refractivity (Wildman–Crippen MR) is 120 cm³/mol. The number of anilines is 2. The van der Waals surface area contributed by atoms with Gasteiger partial charge in [0.2, 0.25) is 5.91 Å². The summed E-state index contributed by atoms with van der Waals surface area (Å²) in [4.78, 5) is 19.7. The fourth-order valence-electron chi connectivity index (χ4n) is 2.66. The van der Waals surface area contributed by atoms with Crippen molar-refractivity contribution in [2.24, 2.45) is 0 Å². The van der Waals surface area contributed by atoms with Crippen LogP contribution in [0.5, 0.6) is 0 Å². The molecule has 0 bridgehead atoms. The van der Waals surface area contributed by atoms with E-state index in [0.29, 0.717) is 10.8 Å². The molecule has 140 valence electrons. The molecule has 7 heteroatoms. The number of carbonyl (C=O) groups is 1. The molecule has 3 N–H and O–H groups in total. The Morgan fingerprint density at radius 1 is 1.04 bits per heavy atom. The summed E-state index contributed by atoms with van der Waals surface area (Å²) in [5.41, 5.74) is 8.40. The molecule has 2 aromatic heterocycles. The van der Waals surface area contributed by atoms with Crippen LogP contribution in [0.15, 0.2) is 82.4 Å². The van der Waals surface area contributed by atoms with Gasteiger partial charge in [-0.1, -0.05) is 42.5 Å². The van der Waals surface area contributed by atoms with Crippen molar-refractivity contribution in [1.82, 2.24) is 4.98 Å². The van der Waals surface area contributed by atoms with E-state index in [-0.39, 0.29) is 5.91 Å². The molecular weight excluding hydrogens is 406 g/mol. The van der Waals surface area contributed by atoms with Crippen LogP contribution in [0.1, 0.15) is 10.8 Å². The zero-order valence-electron chi connectivity index (χ0n) is 14.7. The Bertz CT molecular complexity index is 1060. The van der Waals surface area contributed by atoms with Crippen LogP contribution < -0.4 is 11.1 Å². The number of nitrogens with one attached hydrogen (secondary N) is 1. The molecular formula is C21H17N3OS3. The molecule has 0 saturated carbocycles. The minimum atomic E-state index is -0.405. The highest BCUT2D eigenvalue weighted by Crippen LogP contribution is 2.37. The molecule has 0 aliphatic carbocycles. The number of nitrogens with zero attached hydrogens (tertiary/aromatic N) is 1. The minimum absolute atomic E-state index is 0.106. The van der Waals surface area contributed by atoms with Crippen molar-refractivity contribution in [1.29, 1.82) is 0 Å². The molecule has 4 nitrogen and oxygen atoms in total. The van der Waals surface area contributed by atoms with Crippen LogP contribution in [-0.4, -0.2) is 10.9 Å². The van der Waals surface area contributed by atoms with Crippen molar-refractivity contribution in [3.63, 3.8) is 0 Å². The van der Waals surface area contributed by atoms with Crippen molar-refractivity contribution in [3.8, 4) is 10.6 Å². The summed E-state index contributed by atoms with van der Waals surface area (Å²) in [5, 5.41) is 7.15. The number of benzene rings is 2. The lowest BCUT2D eigenvalue weighted by Crippen LogP contribution is -2.19. The number of nitrogen functional groups attached to an aromatic ring is 1. The number of aromatic nitrogens is 1. The maximum Gasteiger partial charge on any atom is 0.244 e. The van der Waals surface area contributed by atoms with Crippen molar-refractivity contribution in [2.45, 2.75) is 10.1 Å². The summed E-state index contributed by atoms with van der Waals surface area (Å²) in [5.74, 6) is -0.106. The summed E-state index contributed by atoms with van der Waals surface area (Å²) in [6.07, 6.45) is 0. The molecule has 2 heterocycles. The number of carbonyl (C=O) groups excluding carboxylic acids is 1. The number of rotatable bonds is 6. The fraction of sp³-hybridized carbons (Fsp3) is 0.0476. The molecule has 0 radical (unpaired) electrons. The van der Waals surface area contributed by atoms with Gasteiger partial charge in [0.25, 0.3) is 0 Å². The van der Waals surface area contributed by atoms with E-state index in [0.717, 1.165) is 21.0 Å². The van der Waals surface area contributed by atoms with Gasteiger partial charge < -0.3 is 11.1 Å². The minimum Gasteiger partial charge on any atom is -0.399 e. The fourth-order valence-corrected chi connectivity index (χ4v) is 5.23. The third kappa shape index (κ3) is 4.44. The van der Waals surface area contributed by atoms with Gasteiger partial charge in [-0.3, -0.25) is 4.79 Å². The number of hydrogen-bond acceptors (Lipinski definition) is 6. The molecule has 4 rings (SSSR count). The number of thiazole rings is 1. The maximum absolute atomic E-state index is 13.1. The van der Waals surface area contributed by atoms with E-state index in [1.54, 1.807) is 11.3 Å². The van der Waals surface area contributed by atoms with Crippen molar-refractivity contribution >= 4 is 51.2 Å². The highest BCUT2D eigenvalue weighted by atomic mass is 32.2. The van der Waals surface area contributed by atoms with Crippen LogP contribution in [0.3, 0.4) is 0 Å². The number of hydrogen-bond donors (Lipinski definition) is 2. The first-order valence-electron chi connectivity index (χ1n) is 8.56. The third-order valence-electron chi connectivity index (χ3n) is 3.96. The third-order valence-corrected chi connectivity index (χ3v) is 6.86. The summed E-state index contributed by atoms with van der Waals surface area (Å²) in [6.45, 7) is 0. The smallest absolute Gasteiger partial charge is 0.244 e. The lowest BCUT2D eigenvalue weighted by molar-refractivity contribution is -0.115. The zero-order valence-corrected chi connectivity index (χ0v) is 17.2. The van der Waals surface area contributed by atoms with Crippen LogP contribution in [0.2, 0.25) is 0 Å². The molecule has 28 heavy (non-hydrogen) atoms. The molecule has 1 amide bonds. The molecule has 0 fully saturated rings.